The molecule has 2 fully saturated rings. The van der Waals surface area contributed by atoms with E-state index in [0.29, 0.717) is 18.2 Å². The Morgan fingerprint density at radius 1 is 1.06 bits per heavy atom. The van der Waals surface area contributed by atoms with Gasteiger partial charge in [-0.1, -0.05) is 25.1 Å². The number of para-hydroxylation sites is 1. The number of rotatable bonds is 8. The fraction of sp³-hybridized carbons (Fsp3) is 0.560. The van der Waals surface area contributed by atoms with E-state index in [1.54, 1.807) is 6.33 Å². The molecule has 1 aromatic heterocycles. The Hall–Kier alpha value is -2.83. The first-order chi connectivity index (χ1) is 15.7. The number of hydrogen-bond acceptors (Lipinski definition) is 6. The van der Waals surface area contributed by atoms with Gasteiger partial charge >= 0.3 is 0 Å². The van der Waals surface area contributed by atoms with E-state index < -0.39 is 0 Å². The third-order valence-corrected chi connectivity index (χ3v) is 6.57. The van der Waals surface area contributed by atoms with Crippen LogP contribution in [-0.4, -0.2) is 66.6 Å². The van der Waals surface area contributed by atoms with E-state index in [4.69, 9.17) is 0 Å². The summed E-state index contributed by atoms with van der Waals surface area (Å²) in [7, 11) is 0. The van der Waals surface area contributed by atoms with Crippen LogP contribution in [0.5, 0.6) is 0 Å². The smallest absolute Gasteiger partial charge is 0.222 e. The number of anilines is 3. The molecule has 2 aromatic rings. The molecule has 2 aliphatic rings. The zero-order valence-electron chi connectivity index (χ0n) is 19.2. The lowest BCUT2D eigenvalue weighted by Gasteiger charge is -2.37. The molecular formula is C25H36N6O. The van der Waals surface area contributed by atoms with Crippen molar-refractivity contribution in [1.29, 1.82) is 0 Å². The summed E-state index contributed by atoms with van der Waals surface area (Å²) in [6, 6.07) is 12.5. The van der Waals surface area contributed by atoms with Crippen molar-refractivity contribution in [2.45, 2.75) is 39.0 Å². The molecule has 1 atom stereocenters. The molecule has 1 aromatic carbocycles. The largest absolute Gasteiger partial charge is 0.370 e. The van der Waals surface area contributed by atoms with Crippen molar-refractivity contribution >= 4 is 23.2 Å². The van der Waals surface area contributed by atoms with Gasteiger partial charge in [-0.2, -0.15) is 0 Å². The summed E-state index contributed by atoms with van der Waals surface area (Å²) in [6.45, 7) is 8.52. The molecule has 3 heterocycles. The average Bonchev–Trinajstić information content (AvgIpc) is 2.87. The third-order valence-electron chi connectivity index (χ3n) is 6.57. The van der Waals surface area contributed by atoms with Crippen LogP contribution in [0.3, 0.4) is 0 Å². The molecule has 32 heavy (non-hydrogen) atoms. The van der Waals surface area contributed by atoms with Crippen LogP contribution in [0.1, 0.15) is 39.0 Å². The molecule has 1 amide bonds. The molecule has 0 radical (unpaired) electrons. The Balaban J connectivity index is 1.23. The highest BCUT2D eigenvalue weighted by atomic mass is 16.2. The van der Waals surface area contributed by atoms with Crippen molar-refractivity contribution in [3.05, 3.63) is 42.7 Å². The minimum absolute atomic E-state index is 0.308. The fourth-order valence-corrected chi connectivity index (χ4v) is 4.72. The van der Waals surface area contributed by atoms with Crippen LogP contribution in [0.2, 0.25) is 0 Å². The molecule has 0 bridgehead atoms. The SMILES string of the molecule is CCCNc1cc(N2CCC[C@@H](CCC(=O)N3CCN(c4ccccc4)CC3)C2)ncn1. The van der Waals surface area contributed by atoms with Crippen molar-refractivity contribution in [2.75, 3.05) is 60.9 Å². The summed E-state index contributed by atoms with van der Waals surface area (Å²) in [5.41, 5.74) is 1.25. The second-order valence-corrected chi connectivity index (χ2v) is 8.88. The lowest BCUT2D eigenvalue weighted by atomic mass is 9.93. The number of aromatic nitrogens is 2. The number of carbonyl (C=O) groups excluding carboxylic acids is 1. The summed E-state index contributed by atoms with van der Waals surface area (Å²) >= 11 is 0. The number of benzene rings is 1. The monoisotopic (exact) mass is 436 g/mol. The van der Waals surface area contributed by atoms with E-state index in [1.807, 2.05) is 6.07 Å². The van der Waals surface area contributed by atoms with E-state index in [1.165, 1.54) is 12.1 Å². The van der Waals surface area contributed by atoms with E-state index in [9.17, 15) is 4.79 Å². The van der Waals surface area contributed by atoms with E-state index in [-0.39, 0.29) is 0 Å². The first-order valence-electron chi connectivity index (χ1n) is 12.1. The molecule has 2 aliphatic heterocycles. The Kier molecular flexibility index (Phi) is 7.80. The van der Waals surface area contributed by atoms with Gasteiger partial charge in [-0.15, -0.1) is 0 Å². The summed E-state index contributed by atoms with van der Waals surface area (Å²) in [5.74, 6) is 2.73. The minimum atomic E-state index is 0.308. The number of piperidine rings is 1. The Bertz CT molecular complexity index is 853. The maximum absolute atomic E-state index is 12.8. The molecule has 0 saturated carbocycles. The summed E-state index contributed by atoms with van der Waals surface area (Å²) < 4.78 is 0. The van der Waals surface area contributed by atoms with Gasteiger partial charge in [0.15, 0.2) is 0 Å². The second-order valence-electron chi connectivity index (χ2n) is 8.88. The highest BCUT2D eigenvalue weighted by Crippen LogP contribution is 2.26. The molecule has 7 heteroatoms. The molecular weight excluding hydrogens is 400 g/mol. The molecule has 7 nitrogen and oxygen atoms in total. The van der Waals surface area contributed by atoms with Crippen LogP contribution in [0.25, 0.3) is 0 Å². The van der Waals surface area contributed by atoms with Gasteiger partial charge in [-0.3, -0.25) is 4.79 Å². The van der Waals surface area contributed by atoms with Crippen molar-refractivity contribution in [3.8, 4) is 0 Å². The highest BCUT2D eigenvalue weighted by molar-refractivity contribution is 5.76. The van der Waals surface area contributed by atoms with Crippen molar-refractivity contribution in [3.63, 3.8) is 0 Å². The van der Waals surface area contributed by atoms with Crippen LogP contribution in [0.4, 0.5) is 17.3 Å². The van der Waals surface area contributed by atoms with Gasteiger partial charge in [0.2, 0.25) is 5.91 Å². The quantitative estimate of drug-likeness (QED) is 0.682. The Labute approximate surface area is 191 Å². The normalized spacial score (nSPS) is 19.2. The van der Waals surface area contributed by atoms with E-state index in [0.717, 1.165) is 76.7 Å². The predicted octanol–water partition coefficient (Wildman–Crippen LogP) is 3.64. The first kappa shape index (κ1) is 22.4. The number of nitrogens with one attached hydrogen (secondary N) is 1. The zero-order valence-corrected chi connectivity index (χ0v) is 19.2. The number of piperazine rings is 1. The van der Waals surface area contributed by atoms with Crippen LogP contribution < -0.4 is 15.1 Å². The van der Waals surface area contributed by atoms with E-state index in [2.05, 4.69) is 67.2 Å². The average molecular weight is 437 g/mol. The van der Waals surface area contributed by atoms with Gasteiger partial charge in [0.05, 0.1) is 0 Å². The number of carbonyl (C=O) groups is 1. The summed E-state index contributed by atoms with van der Waals surface area (Å²) in [5, 5.41) is 3.34. The molecule has 0 spiro atoms. The van der Waals surface area contributed by atoms with Gasteiger partial charge in [0, 0.05) is 64.0 Å². The standard InChI is InChI=1S/C25H36N6O/c1-2-12-26-23-18-24(28-20-27-23)31-13-6-7-21(19-31)10-11-25(32)30-16-14-29(15-17-30)22-8-4-3-5-9-22/h3-5,8-9,18,20-21H,2,6-7,10-17,19H2,1H3,(H,26,27,28)/t21-/m0/s1. The molecule has 0 aliphatic carbocycles. The van der Waals surface area contributed by atoms with Gasteiger partial charge in [-0.25, -0.2) is 9.97 Å². The van der Waals surface area contributed by atoms with Crippen LogP contribution in [-0.2, 0) is 4.79 Å². The highest BCUT2D eigenvalue weighted by Gasteiger charge is 2.25. The molecule has 0 unspecified atom stereocenters. The predicted molar refractivity (Wildman–Crippen MR) is 130 cm³/mol. The van der Waals surface area contributed by atoms with Gasteiger partial charge < -0.3 is 20.0 Å². The number of amides is 1. The number of nitrogens with zero attached hydrogens (tertiary/aromatic N) is 5. The van der Waals surface area contributed by atoms with Crippen LogP contribution >= 0.6 is 0 Å². The van der Waals surface area contributed by atoms with Gasteiger partial charge in [0.25, 0.3) is 0 Å². The third kappa shape index (κ3) is 5.90. The molecule has 1 N–H and O–H groups in total. The number of hydrogen-bond donors (Lipinski definition) is 1. The van der Waals surface area contributed by atoms with Gasteiger partial charge in [-0.05, 0) is 43.7 Å². The van der Waals surface area contributed by atoms with E-state index >= 15 is 0 Å². The first-order valence-corrected chi connectivity index (χ1v) is 12.1. The lowest BCUT2D eigenvalue weighted by molar-refractivity contribution is -0.131. The Morgan fingerprint density at radius 2 is 1.88 bits per heavy atom. The van der Waals surface area contributed by atoms with Crippen LogP contribution in [0.15, 0.2) is 42.7 Å². The topological polar surface area (TPSA) is 64.6 Å². The zero-order chi connectivity index (χ0) is 22.2. The lowest BCUT2D eigenvalue weighted by Crippen LogP contribution is -2.49. The maximum Gasteiger partial charge on any atom is 0.222 e. The fourth-order valence-electron chi connectivity index (χ4n) is 4.72. The van der Waals surface area contributed by atoms with Crippen molar-refractivity contribution in [1.82, 2.24) is 14.9 Å². The summed E-state index contributed by atoms with van der Waals surface area (Å²) in [4.78, 5) is 28.4. The van der Waals surface area contributed by atoms with Crippen molar-refractivity contribution in [2.24, 2.45) is 5.92 Å². The minimum Gasteiger partial charge on any atom is -0.370 e. The van der Waals surface area contributed by atoms with Crippen molar-refractivity contribution < 1.29 is 4.79 Å². The second kappa shape index (κ2) is 11.2. The van der Waals surface area contributed by atoms with Crippen LogP contribution in [0, 0.1) is 5.92 Å². The molecule has 2 saturated heterocycles. The molecule has 4 rings (SSSR count). The van der Waals surface area contributed by atoms with Gasteiger partial charge in [0.1, 0.15) is 18.0 Å². The molecule has 172 valence electrons. The summed E-state index contributed by atoms with van der Waals surface area (Å²) in [6.07, 6.45) is 6.67. The Morgan fingerprint density at radius 3 is 2.66 bits per heavy atom. The maximum atomic E-state index is 12.8.